The molecule has 3 aromatic rings. The smallest absolute Gasteiger partial charge is 0.325 e. The number of anilines is 1. The quantitative estimate of drug-likeness (QED) is 0.443. The first kappa shape index (κ1) is 22.5. The van der Waals surface area contributed by atoms with Crippen LogP contribution in [0.25, 0.3) is 11.4 Å². The number of thioether (sulfide) groups is 1. The van der Waals surface area contributed by atoms with Crippen molar-refractivity contribution in [3.8, 4) is 11.4 Å². The molecule has 0 aliphatic carbocycles. The first-order valence-corrected chi connectivity index (χ1v) is 10.4. The minimum Gasteiger partial charge on any atom is -0.325 e. The standard InChI is InChI=1S/C19H15Cl2F3N4OS/c1-2-28-17(12-5-3-4-6-14(12)21)26-27-18(28)30-10-16(29)25-15-8-7-11(20)9-13(15)19(22,23)24/h3-9H,2,10H2,1H3,(H,25,29). The lowest BCUT2D eigenvalue weighted by Gasteiger charge is -2.14. The average Bonchev–Trinajstić information content (AvgIpc) is 3.10. The second-order valence-electron chi connectivity index (χ2n) is 6.05. The van der Waals surface area contributed by atoms with Gasteiger partial charge in [0, 0.05) is 17.1 Å². The third-order valence-corrected chi connectivity index (χ3v) is 5.57. The fourth-order valence-electron chi connectivity index (χ4n) is 2.70. The summed E-state index contributed by atoms with van der Waals surface area (Å²) in [7, 11) is 0. The minimum atomic E-state index is -4.65. The normalized spacial score (nSPS) is 11.5. The number of carbonyl (C=O) groups excluding carboxylic acids is 1. The molecular weight excluding hydrogens is 460 g/mol. The van der Waals surface area contributed by atoms with Crippen molar-refractivity contribution in [3.05, 3.63) is 58.1 Å². The summed E-state index contributed by atoms with van der Waals surface area (Å²) in [5.74, 6) is -0.221. The van der Waals surface area contributed by atoms with Crippen LogP contribution >= 0.6 is 35.0 Å². The van der Waals surface area contributed by atoms with E-state index in [1.165, 1.54) is 6.07 Å². The highest BCUT2D eigenvalue weighted by Crippen LogP contribution is 2.36. The van der Waals surface area contributed by atoms with Gasteiger partial charge in [0.15, 0.2) is 11.0 Å². The van der Waals surface area contributed by atoms with Crippen molar-refractivity contribution >= 4 is 46.6 Å². The molecule has 0 radical (unpaired) electrons. The number of alkyl halides is 3. The molecule has 1 aromatic heterocycles. The lowest BCUT2D eigenvalue weighted by Crippen LogP contribution is -2.18. The highest BCUT2D eigenvalue weighted by atomic mass is 35.5. The number of nitrogens with zero attached hydrogens (tertiary/aromatic N) is 3. The fraction of sp³-hybridized carbons (Fsp3) is 0.211. The molecule has 0 aliphatic heterocycles. The van der Waals surface area contributed by atoms with E-state index in [0.29, 0.717) is 28.1 Å². The molecule has 0 aliphatic rings. The predicted molar refractivity (Wildman–Crippen MR) is 112 cm³/mol. The zero-order valence-electron chi connectivity index (χ0n) is 15.5. The summed E-state index contributed by atoms with van der Waals surface area (Å²) < 4.78 is 41.3. The molecule has 2 aromatic carbocycles. The largest absolute Gasteiger partial charge is 0.418 e. The number of carbonyl (C=O) groups is 1. The van der Waals surface area contributed by atoms with Crippen LogP contribution in [0.3, 0.4) is 0 Å². The van der Waals surface area contributed by atoms with Crippen molar-refractivity contribution in [1.29, 1.82) is 0 Å². The average molecular weight is 475 g/mol. The Bertz CT molecular complexity index is 1070. The van der Waals surface area contributed by atoms with Crippen molar-refractivity contribution in [2.45, 2.75) is 24.8 Å². The van der Waals surface area contributed by atoms with E-state index in [0.717, 1.165) is 23.9 Å². The molecule has 0 spiro atoms. The molecule has 0 atom stereocenters. The summed E-state index contributed by atoms with van der Waals surface area (Å²) in [5, 5.41) is 11.4. The van der Waals surface area contributed by atoms with E-state index in [2.05, 4.69) is 15.5 Å². The lowest BCUT2D eigenvalue weighted by molar-refractivity contribution is -0.137. The molecule has 1 N–H and O–H groups in total. The van der Waals surface area contributed by atoms with Gasteiger partial charge in [-0.3, -0.25) is 4.79 Å². The van der Waals surface area contributed by atoms with Crippen LogP contribution < -0.4 is 5.32 Å². The second-order valence-corrected chi connectivity index (χ2v) is 7.84. The van der Waals surface area contributed by atoms with Gasteiger partial charge in [0.05, 0.1) is 22.0 Å². The van der Waals surface area contributed by atoms with Crippen LogP contribution in [0.4, 0.5) is 18.9 Å². The van der Waals surface area contributed by atoms with Crippen LogP contribution in [0.5, 0.6) is 0 Å². The van der Waals surface area contributed by atoms with Gasteiger partial charge < -0.3 is 9.88 Å². The van der Waals surface area contributed by atoms with Gasteiger partial charge in [0.25, 0.3) is 0 Å². The number of hydrogen-bond donors (Lipinski definition) is 1. The Hall–Kier alpha value is -2.23. The van der Waals surface area contributed by atoms with E-state index in [-0.39, 0.29) is 16.5 Å². The van der Waals surface area contributed by atoms with E-state index in [1.807, 2.05) is 13.0 Å². The summed E-state index contributed by atoms with van der Waals surface area (Å²) in [6.07, 6.45) is -4.65. The summed E-state index contributed by atoms with van der Waals surface area (Å²) in [6, 6.07) is 10.3. The molecule has 0 bridgehead atoms. The third kappa shape index (κ3) is 5.08. The number of halogens is 5. The molecule has 1 heterocycles. The Balaban J connectivity index is 1.74. The van der Waals surface area contributed by atoms with Crippen molar-refractivity contribution < 1.29 is 18.0 Å². The Morgan fingerprint density at radius 2 is 1.90 bits per heavy atom. The van der Waals surface area contributed by atoms with Gasteiger partial charge in [-0.1, -0.05) is 47.1 Å². The maximum Gasteiger partial charge on any atom is 0.418 e. The summed E-state index contributed by atoms with van der Waals surface area (Å²) >= 11 is 12.9. The molecule has 11 heteroatoms. The number of benzene rings is 2. The zero-order valence-corrected chi connectivity index (χ0v) is 17.8. The SMILES string of the molecule is CCn1c(SCC(=O)Nc2ccc(Cl)cc2C(F)(F)F)nnc1-c1ccccc1Cl. The van der Waals surface area contributed by atoms with Gasteiger partial charge in [-0.25, -0.2) is 0 Å². The molecule has 30 heavy (non-hydrogen) atoms. The number of nitrogens with one attached hydrogen (secondary N) is 1. The monoisotopic (exact) mass is 474 g/mol. The molecule has 0 saturated heterocycles. The topological polar surface area (TPSA) is 59.8 Å². The molecule has 1 amide bonds. The summed E-state index contributed by atoms with van der Waals surface area (Å²) in [6.45, 7) is 2.41. The van der Waals surface area contributed by atoms with Gasteiger partial charge >= 0.3 is 6.18 Å². The first-order valence-electron chi connectivity index (χ1n) is 8.68. The molecular formula is C19H15Cl2F3N4OS. The molecule has 0 unspecified atom stereocenters. The Labute approximate surface area is 184 Å². The van der Waals surface area contributed by atoms with Gasteiger partial charge in [0.2, 0.25) is 5.91 Å². The maximum atomic E-state index is 13.2. The van der Waals surface area contributed by atoms with E-state index in [4.69, 9.17) is 23.2 Å². The first-order chi connectivity index (χ1) is 14.2. The summed E-state index contributed by atoms with van der Waals surface area (Å²) in [5.41, 5.74) is -0.668. The third-order valence-electron chi connectivity index (χ3n) is 4.04. The Kier molecular flexibility index (Phi) is 6.95. The van der Waals surface area contributed by atoms with Gasteiger partial charge in [0.1, 0.15) is 0 Å². The van der Waals surface area contributed by atoms with Crippen LogP contribution in [0.1, 0.15) is 12.5 Å². The van der Waals surface area contributed by atoms with Crippen molar-refractivity contribution in [3.63, 3.8) is 0 Å². The number of aromatic nitrogens is 3. The number of hydrogen-bond acceptors (Lipinski definition) is 4. The van der Waals surface area contributed by atoms with Crippen LogP contribution in [0.15, 0.2) is 47.6 Å². The van der Waals surface area contributed by atoms with Crippen molar-refractivity contribution in [2.24, 2.45) is 0 Å². The molecule has 0 saturated carbocycles. The molecule has 0 fully saturated rings. The van der Waals surface area contributed by atoms with Crippen LogP contribution in [0.2, 0.25) is 10.0 Å². The van der Waals surface area contributed by atoms with Crippen molar-refractivity contribution in [1.82, 2.24) is 14.8 Å². The number of rotatable bonds is 6. The highest BCUT2D eigenvalue weighted by molar-refractivity contribution is 7.99. The zero-order chi connectivity index (χ0) is 21.9. The highest BCUT2D eigenvalue weighted by Gasteiger charge is 2.34. The van der Waals surface area contributed by atoms with E-state index in [9.17, 15) is 18.0 Å². The van der Waals surface area contributed by atoms with Crippen LogP contribution in [-0.2, 0) is 17.5 Å². The number of amides is 1. The van der Waals surface area contributed by atoms with Gasteiger partial charge in [-0.15, -0.1) is 10.2 Å². The Morgan fingerprint density at radius 1 is 1.17 bits per heavy atom. The summed E-state index contributed by atoms with van der Waals surface area (Å²) in [4.78, 5) is 12.3. The molecule has 5 nitrogen and oxygen atoms in total. The van der Waals surface area contributed by atoms with Gasteiger partial charge in [-0.2, -0.15) is 13.2 Å². The van der Waals surface area contributed by atoms with Crippen LogP contribution in [0, 0.1) is 0 Å². The molecule has 3 rings (SSSR count). The lowest BCUT2D eigenvalue weighted by atomic mass is 10.1. The van der Waals surface area contributed by atoms with E-state index >= 15 is 0 Å². The van der Waals surface area contributed by atoms with E-state index in [1.54, 1.807) is 22.8 Å². The van der Waals surface area contributed by atoms with E-state index < -0.39 is 17.6 Å². The van der Waals surface area contributed by atoms with Gasteiger partial charge in [-0.05, 0) is 37.3 Å². The Morgan fingerprint density at radius 3 is 2.57 bits per heavy atom. The van der Waals surface area contributed by atoms with Crippen molar-refractivity contribution in [2.75, 3.05) is 11.1 Å². The minimum absolute atomic E-state index is 0.0714. The van der Waals surface area contributed by atoms with Crippen LogP contribution in [-0.4, -0.2) is 26.4 Å². The second kappa shape index (κ2) is 9.28. The fourth-order valence-corrected chi connectivity index (χ4v) is 3.89. The molecule has 158 valence electrons. The maximum absolute atomic E-state index is 13.2. The predicted octanol–water partition coefficient (Wildman–Crippen LogP) is 6.02.